The first kappa shape index (κ1) is 10.9. The Morgan fingerprint density at radius 3 is 3.12 bits per heavy atom. The van der Waals surface area contributed by atoms with E-state index in [-0.39, 0.29) is 0 Å². The van der Waals surface area contributed by atoms with Crippen LogP contribution in [0.5, 0.6) is 0 Å². The van der Waals surface area contributed by atoms with Crippen LogP contribution in [0.1, 0.15) is 25.5 Å². The maximum atomic E-state index is 11.1. The van der Waals surface area contributed by atoms with E-state index < -0.39 is 12.0 Å². The molecule has 1 unspecified atom stereocenters. The van der Waals surface area contributed by atoms with E-state index in [0.29, 0.717) is 6.42 Å². The monoisotopic (exact) mass is 221 g/mol. The maximum Gasteiger partial charge on any atom is 0.326 e. The lowest BCUT2D eigenvalue weighted by Gasteiger charge is -2.22. The summed E-state index contributed by atoms with van der Waals surface area (Å²) in [5.74, 6) is -0.0362. The molecule has 1 aliphatic heterocycles. The molecular weight excluding hydrogens is 206 g/mol. The first-order valence-electron chi connectivity index (χ1n) is 5.52. The molecule has 0 amide bonds. The fourth-order valence-electron chi connectivity index (χ4n) is 2.03. The molecular formula is C11H15N3O2. The van der Waals surface area contributed by atoms with Gasteiger partial charge in [0.15, 0.2) is 0 Å². The van der Waals surface area contributed by atoms with E-state index in [1.807, 2.05) is 17.9 Å². The summed E-state index contributed by atoms with van der Waals surface area (Å²) in [4.78, 5) is 21.2. The summed E-state index contributed by atoms with van der Waals surface area (Å²) in [5.41, 5.74) is 0.945. The zero-order valence-corrected chi connectivity index (χ0v) is 9.26. The zero-order valence-electron chi connectivity index (χ0n) is 9.26. The number of anilines is 1. The van der Waals surface area contributed by atoms with Gasteiger partial charge in [-0.2, -0.15) is 0 Å². The third-order valence-electron chi connectivity index (χ3n) is 2.90. The molecule has 1 saturated heterocycles. The van der Waals surface area contributed by atoms with E-state index >= 15 is 0 Å². The SMILES string of the molecule is CCc1cc(N2CCCC2C(=O)O)ncn1. The standard InChI is InChI=1S/C11H15N3O2/c1-2-8-6-10(13-7-12-8)14-5-3-4-9(14)11(15)16/h6-7,9H,2-5H2,1H3,(H,15,16). The molecule has 0 spiro atoms. The van der Waals surface area contributed by atoms with E-state index in [2.05, 4.69) is 9.97 Å². The lowest BCUT2D eigenvalue weighted by Crippen LogP contribution is -2.36. The Kier molecular flexibility index (Phi) is 3.03. The van der Waals surface area contributed by atoms with E-state index in [4.69, 9.17) is 5.11 Å². The highest BCUT2D eigenvalue weighted by molar-refractivity contribution is 5.78. The van der Waals surface area contributed by atoms with Crippen LogP contribution >= 0.6 is 0 Å². The Morgan fingerprint density at radius 2 is 2.44 bits per heavy atom. The molecule has 1 atom stereocenters. The van der Waals surface area contributed by atoms with Crippen molar-refractivity contribution in [3.63, 3.8) is 0 Å². The topological polar surface area (TPSA) is 66.3 Å². The van der Waals surface area contributed by atoms with Gasteiger partial charge in [0, 0.05) is 18.3 Å². The average molecular weight is 221 g/mol. The van der Waals surface area contributed by atoms with Gasteiger partial charge in [0.1, 0.15) is 18.2 Å². The van der Waals surface area contributed by atoms with Crippen LogP contribution in [0.4, 0.5) is 5.82 Å². The molecule has 2 rings (SSSR count). The maximum absolute atomic E-state index is 11.1. The zero-order chi connectivity index (χ0) is 11.5. The highest BCUT2D eigenvalue weighted by atomic mass is 16.4. The van der Waals surface area contributed by atoms with Crippen molar-refractivity contribution >= 4 is 11.8 Å². The first-order valence-corrected chi connectivity index (χ1v) is 5.52. The summed E-state index contributed by atoms with van der Waals surface area (Å²) < 4.78 is 0. The fourth-order valence-corrected chi connectivity index (χ4v) is 2.03. The number of aromatic nitrogens is 2. The number of hydrogen-bond donors (Lipinski definition) is 1. The van der Waals surface area contributed by atoms with Gasteiger partial charge < -0.3 is 10.0 Å². The minimum atomic E-state index is -0.769. The molecule has 86 valence electrons. The summed E-state index contributed by atoms with van der Waals surface area (Å²) in [6.07, 6.45) is 3.94. The van der Waals surface area contributed by atoms with Crippen molar-refractivity contribution in [3.05, 3.63) is 18.1 Å². The molecule has 0 aliphatic carbocycles. The average Bonchev–Trinajstić information content (AvgIpc) is 2.78. The van der Waals surface area contributed by atoms with Crippen LogP contribution in [0.3, 0.4) is 0 Å². The minimum absolute atomic E-state index is 0.431. The number of rotatable bonds is 3. The third-order valence-corrected chi connectivity index (χ3v) is 2.90. The van der Waals surface area contributed by atoms with Crippen LogP contribution in [-0.4, -0.2) is 33.6 Å². The van der Waals surface area contributed by atoms with Gasteiger partial charge in [0.2, 0.25) is 0 Å². The van der Waals surface area contributed by atoms with Gasteiger partial charge in [0.05, 0.1) is 0 Å². The Morgan fingerprint density at radius 1 is 1.62 bits per heavy atom. The summed E-state index contributed by atoms with van der Waals surface area (Å²) in [6, 6.07) is 1.45. The van der Waals surface area contributed by atoms with Gasteiger partial charge in [-0.05, 0) is 19.3 Å². The smallest absolute Gasteiger partial charge is 0.326 e. The summed E-state index contributed by atoms with van der Waals surface area (Å²) in [5, 5.41) is 9.09. The van der Waals surface area contributed by atoms with Crippen LogP contribution in [-0.2, 0) is 11.2 Å². The quantitative estimate of drug-likeness (QED) is 0.827. The molecule has 0 radical (unpaired) electrons. The van der Waals surface area contributed by atoms with Gasteiger partial charge in [-0.1, -0.05) is 6.92 Å². The second kappa shape index (κ2) is 4.47. The van der Waals surface area contributed by atoms with Crippen molar-refractivity contribution in [3.8, 4) is 0 Å². The Labute approximate surface area is 94.1 Å². The molecule has 0 saturated carbocycles. The van der Waals surface area contributed by atoms with E-state index in [1.165, 1.54) is 6.33 Å². The number of hydrogen-bond acceptors (Lipinski definition) is 4. The first-order chi connectivity index (χ1) is 7.72. The van der Waals surface area contributed by atoms with Gasteiger partial charge >= 0.3 is 5.97 Å². The van der Waals surface area contributed by atoms with Crippen molar-refractivity contribution in [2.24, 2.45) is 0 Å². The van der Waals surface area contributed by atoms with Crippen LogP contribution in [0.25, 0.3) is 0 Å². The molecule has 0 aromatic carbocycles. The molecule has 1 aliphatic rings. The summed E-state index contributed by atoms with van der Waals surface area (Å²) >= 11 is 0. The number of nitrogens with zero attached hydrogens (tertiary/aromatic N) is 3. The minimum Gasteiger partial charge on any atom is -0.480 e. The largest absolute Gasteiger partial charge is 0.480 e. The summed E-state index contributed by atoms with van der Waals surface area (Å²) in [7, 11) is 0. The van der Waals surface area contributed by atoms with Crippen LogP contribution in [0, 0.1) is 0 Å². The van der Waals surface area contributed by atoms with Gasteiger partial charge in [0.25, 0.3) is 0 Å². The molecule has 1 aromatic heterocycles. The van der Waals surface area contributed by atoms with Gasteiger partial charge in [-0.3, -0.25) is 0 Å². The van der Waals surface area contributed by atoms with Crippen molar-refractivity contribution in [1.29, 1.82) is 0 Å². The molecule has 5 nitrogen and oxygen atoms in total. The lowest BCUT2D eigenvalue weighted by atomic mass is 10.2. The molecule has 1 fully saturated rings. The normalized spacial score (nSPS) is 20.1. The highest BCUT2D eigenvalue weighted by Crippen LogP contribution is 2.23. The second-order valence-electron chi connectivity index (χ2n) is 3.91. The van der Waals surface area contributed by atoms with Crippen LogP contribution in [0.15, 0.2) is 12.4 Å². The van der Waals surface area contributed by atoms with Gasteiger partial charge in [-0.25, -0.2) is 14.8 Å². The van der Waals surface area contributed by atoms with E-state index in [1.54, 1.807) is 0 Å². The van der Waals surface area contributed by atoms with Crippen molar-refractivity contribution in [2.45, 2.75) is 32.2 Å². The molecule has 2 heterocycles. The Bertz CT molecular complexity index is 395. The summed E-state index contributed by atoms with van der Waals surface area (Å²) in [6.45, 7) is 2.78. The predicted molar refractivity (Wildman–Crippen MR) is 59.4 cm³/mol. The number of aryl methyl sites for hydroxylation is 1. The molecule has 0 bridgehead atoms. The Hall–Kier alpha value is -1.65. The number of carbonyl (C=O) groups is 1. The number of carboxylic acids is 1. The Balaban J connectivity index is 2.25. The molecule has 1 N–H and O–H groups in total. The van der Waals surface area contributed by atoms with Crippen LogP contribution < -0.4 is 4.90 Å². The predicted octanol–water partition coefficient (Wildman–Crippen LogP) is 1.09. The molecule has 5 heteroatoms. The van der Waals surface area contributed by atoms with Crippen molar-refractivity contribution in [2.75, 3.05) is 11.4 Å². The third kappa shape index (κ3) is 1.98. The fraction of sp³-hybridized carbons (Fsp3) is 0.545. The molecule has 1 aromatic rings. The van der Waals surface area contributed by atoms with Crippen molar-refractivity contribution < 1.29 is 9.90 Å². The van der Waals surface area contributed by atoms with Crippen LogP contribution in [0.2, 0.25) is 0 Å². The van der Waals surface area contributed by atoms with Crippen molar-refractivity contribution in [1.82, 2.24) is 9.97 Å². The van der Waals surface area contributed by atoms with E-state index in [9.17, 15) is 4.79 Å². The number of aliphatic carboxylic acids is 1. The second-order valence-corrected chi connectivity index (χ2v) is 3.91. The highest BCUT2D eigenvalue weighted by Gasteiger charge is 2.31. The molecule has 16 heavy (non-hydrogen) atoms. The van der Waals surface area contributed by atoms with E-state index in [0.717, 1.165) is 30.9 Å². The number of carboxylic acid groups (broad SMARTS) is 1. The lowest BCUT2D eigenvalue weighted by molar-refractivity contribution is -0.138. The van der Waals surface area contributed by atoms with Gasteiger partial charge in [-0.15, -0.1) is 0 Å².